The number of aliphatic hydroxyl groups is 2. The third-order valence-corrected chi connectivity index (χ3v) is 12.0. The highest BCUT2D eigenvalue weighted by atomic mass is 35.5. The SMILES string of the molecule is CC(C)(COP(=O)(O)OP(=O)(O)OC[C@H]1O[C@@H](n2cnc3c(N)ncnc32)[C@H](O)[C@@H]1OP(=O)(O)O)C(O)C(=O)NCCC(=O)NCCSC(=O)c1cccc(Cl)c1. The first-order valence-corrected chi connectivity index (χ1v) is 22.2. The van der Waals surface area contributed by atoms with Gasteiger partial charge in [0.05, 0.1) is 19.5 Å². The first-order valence-electron chi connectivity index (χ1n) is 16.3. The van der Waals surface area contributed by atoms with E-state index >= 15 is 0 Å². The quantitative estimate of drug-likeness (QED) is 0.0554. The summed E-state index contributed by atoms with van der Waals surface area (Å²) >= 11 is 6.86. The maximum atomic E-state index is 12.7. The van der Waals surface area contributed by atoms with E-state index in [0.29, 0.717) is 10.6 Å². The Labute approximate surface area is 332 Å². The number of nitrogens with two attached hydrogens (primary N) is 1. The molecule has 3 unspecified atom stereocenters. The van der Waals surface area contributed by atoms with Gasteiger partial charge in [0.15, 0.2) is 17.7 Å². The van der Waals surface area contributed by atoms with Crippen LogP contribution in [0.4, 0.5) is 5.82 Å². The van der Waals surface area contributed by atoms with Crippen LogP contribution in [0.1, 0.15) is 36.9 Å². The topological polar surface area (TPSA) is 364 Å². The summed E-state index contributed by atoms with van der Waals surface area (Å²) in [5, 5.41) is 26.5. The summed E-state index contributed by atoms with van der Waals surface area (Å²) < 4.78 is 62.1. The highest BCUT2D eigenvalue weighted by molar-refractivity contribution is 8.14. The number of amides is 2. The summed E-state index contributed by atoms with van der Waals surface area (Å²) in [6.07, 6.45) is -6.99. The molecule has 1 aliphatic rings. The molecule has 24 nitrogen and oxygen atoms in total. The van der Waals surface area contributed by atoms with Crippen molar-refractivity contribution in [2.75, 3.05) is 37.8 Å². The molecule has 1 aliphatic heterocycles. The molecule has 1 saturated heterocycles. The number of benzene rings is 1. The molecule has 0 spiro atoms. The number of nitrogens with one attached hydrogen (secondary N) is 2. The average Bonchev–Trinajstić information content (AvgIpc) is 3.68. The van der Waals surface area contributed by atoms with Crippen molar-refractivity contribution in [3.63, 3.8) is 0 Å². The summed E-state index contributed by atoms with van der Waals surface area (Å²) in [4.78, 5) is 87.9. The van der Waals surface area contributed by atoms with Gasteiger partial charge in [-0.2, -0.15) is 4.31 Å². The number of nitrogens with zero attached hydrogens (tertiary/aromatic N) is 4. The zero-order valence-corrected chi connectivity index (χ0v) is 34.0. The zero-order chi connectivity index (χ0) is 42.3. The predicted molar refractivity (Wildman–Crippen MR) is 198 cm³/mol. The first-order chi connectivity index (χ1) is 26.5. The van der Waals surface area contributed by atoms with Crippen molar-refractivity contribution in [3.8, 4) is 0 Å². The van der Waals surface area contributed by atoms with Crippen LogP contribution in [0.5, 0.6) is 0 Å². The number of ether oxygens (including phenoxy) is 1. The minimum absolute atomic E-state index is 0.0265. The third kappa shape index (κ3) is 13.5. The normalized spacial score (nSPS) is 21.4. The second kappa shape index (κ2) is 19.4. The van der Waals surface area contributed by atoms with Crippen LogP contribution in [-0.4, -0.2) is 123 Å². The fourth-order valence-corrected chi connectivity index (χ4v) is 8.68. The van der Waals surface area contributed by atoms with Gasteiger partial charge in [-0.1, -0.05) is 49.3 Å². The lowest BCUT2D eigenvalue weighted by atomic mass is 9.87. The van der Waals surface area contributed by atoms with Gasteiger partial charge in [-0.15, -0.1) is 0 Å². The minimum atomic E-state index is -5.58. The van der Waals surface area contributed by atoms with Crippen LogP contribution in [0.15, 0.2) is 36.9 Å². The Kier molecular flexibility index (Phi) is 15.9. The average molecular weight is 906 g/mol. The van der Waals surface area contributed by atoms with Gasteiger partial charge in [0.2, 0.25) is 16.9 Å². The minimum Gasteiger partial charge on any atom is -0.386 e. The summed E-state index contributed by atoms with van der Waals surface area (Å²) in [6.45, 7) is 0.375. The Morgan fingerprint density at radius 3 is 2.46 bits per heavy atom. The summed E-state index contributed by atoms with van der Waals surface area (Å²) in [7, 11) is -16.4. The molecule has 0 radical (unpaired) electrons. The molecule has 57 heavy (non-hydrogen) atoms. The lowest BCUT2D eigenvalue weighted by Gasteiger charge is -2.30. The van der Waals surface area contributed by atoms with Crippen molar-refractivity contribution >= 4 is 80.7 Å². The van der Waals surface area contributed by atoms with E-state index in [0.717, 1.165) is 29.0 Å². The van der Waals surface area contributed by atoms with Gasteiger partial charge < -0.3 is 50.9 Å². The van der Waals surface area contributed by atoms with Crippen molar-refractivity contribution < 1.29 is 80.5 Å². The van der Waals surface area contributed by atoms with Gasteiger partial charge in [0, 0.05) is 41.3 Å². The van der Waals surface area contributed by atoms with Crippen LogP contribution in [-0.2, 0) is 45.9 Å². The second-order valence-corrected chi connectivity index (χ2v) is 18.5. The molecule has 1 fully saturated rings. The van der Waals surface area contributed by atoms with Crippen molar-refractivity contribution in [1.29, 1.82) is 0 Å². The molecular formula is C28H39ClN7O17P3S. The second-order valence-electron chi connectivity index (χ2n) is 12.7. The number of carbonyl (C=O) groups excluding carboxylic acids is 3. The number of anilines is 1. The van der Waals surface area contributed by atoms with Gasteiger partial charge in [-0.05, 0) is 12.1 Å². The number of rotatable bonds is 20. The van der Waals surface area contributed by atoms with E-state index in [4.69, 9.17) is 31.1 Å². The van der Waals surface area contributed by atoms with Crippen molar-refractivity contribution in [1.82, 2.24) is 30.2 Å². The molecule has 0 saturated carbocycles. The Morgan fingerprint density at radius 2 is 1.77 bits per heavy atom. The van der Waals surface area contributed by atoms with E-state index in [1.807, 2.05) is 0 Å². The Bertz CT molecular complexity index is 2080. The lowest BCUT2D eigenvalue weighted by molar-refractivity contribution is -0.137. The number of nitrogen functional groups attached to an aromatic ring is 1. The molecule has 3 heterocycles. The van der Waals surface area contributed by atoms with Gasteiger partial charge in [-0.25, -0.2) is 28.6 Å². The first kappa shape index (κ1) is 46.8. The zero-order valence-electron chi connectivity index (χ0n) is 29.8. The van der Waals surface area contributed by atoms with Gasteiger partial charge in [0.1, 0.15) is 36.3 Å². The molecule has 2 aromatic heterocycles. The molecule has 0 aliphatic carbocycles. The van der Waals surface area contributed by atoms with Crippen LogP contribution in [0.3, 0.4) is 0 Å². The smallest absolute Gasteiger partial charge is 0.386 e. The highest BCUT2D eigenvalue weighted by Gasteiger charge is 2.50. The number of hydrogen-bond donors (Lipinski definition) is 9. The third-order valence-electron chi connectivity index (χ3n) is 7.80. The molecule has 0 bridgehead atoms. The van der Waals surface area contributed by atoms with Crippen molar-refractivity contribution in [2.24, 2.45) is 5.41 Å². The molecule has 1 aromatic carbocycles. The van der Waals surface area contributed by atoms with Crippen molar-refractivity contribution in [2.45, 2.75) is 50.9 Å². The van der Waals surface area contributed by atoms with Crippen molar-refractivity contribution in [3.05, 3.63) is 47.5 Å². The molecule has 3 aromatic rings. The van der Waals surface area contributed by atoms with Gasteiger partial charge in [-0.3, -0.25) is 32.5 Å². The van der Waals surface area contributed by atoms with Crippen LogP contribution < -0.4 is 16.4 Å². The maximum Gasteiger partial charge on any atom is 0.481 e. The molecule has 29 heteroatoms. The predicted octanol–water partition coefficient (Wildman–Crippen LogP) is 0.632. The Morgan fingerprint density at radius 1 is 1.07 bits per heavy atom. The van der Waals surface area contributed by atoms with E-state index in [1.54, 1.807) is 18.2 Å². The molecule has 2 amide bonds. The number of aliphatic hydroxyl groups excluding tert-OH is 2. The van der Waals surface area contributed by atoms with Gasteiger partial charge in [0.25, 0.3) is 0 Å². The lowest BCUT2D eigenvalue weighted by Crippen LogP contribution is -2.46. The van der Waals surface area contributed by atoms with Gasteiger partial charge >= 0.3 is 23.5 Å². The number of thioether (sulfide) groups is 1. The monoisotopic (exact) mass is 905 g/mol. The molecule has 4 rings (SSSR count). The van der Waals surface area contributed by atoms with E-state index in [2.05, 4.69) is 34.4 Å². The van der Waals surface area contributed by atoms with Crippen LogP contribution in [0, 0.1) is 5.41 Å². The fourth-order valence-electron chi connectivity index (χ4n) is 4.97. The number of aromatic nitrogens is 4. The number of phosphoric ester groups is 3. The van der Waals surface area contributed by atoms with E-state index in [1.165, 1.54) is 19.9 Å². The molecule has 7 atom stereocenters. The maximum absolute atomic E-state index is 12.7. The van der Waals surface area contributed by atoms with Crippen LogP contribution in [0.25, 0.3) is 11.2 Å². The number of carbonyl (C=O) groups is 3. The van der Waals surface area contributed by atoms with E-state index in [9.17, 15) is 57.9 Å². The van der Waals surface area contributed by atoms with E-state index < -0.39 is 84.6 Å². The summed E-state index contributed by atoms with van der Waals surface area (Å²) in [6, 6.07) is 6.39. The summed E-state index contributed by atoms with van der Waals surface area (Å²) in [5.74, 6) is -1.24. The Hall–Kier alpha value is -2.93. The number of fused-ring (bicyclic) bond motifs is 1. The Balaban J connectivity index is 1.23. The number of halogens is 1. The highest BCUT2D eigenvalue weighted by Crippen LogP contribution is 2.61. The largest absolute Gasteiger partial charge is 0.481 e. The van der Waals surface area contributed by atoms with Crippen LogP contribution >= 0.6 is 46.8 Å². The summed E-state index contributed by atoms with van der Waals surface area (Å²) in [5.41, 5.74) is 4.65. The van der Waals surface area contributed by atoms with E-state index in [-0.39, 0.29) is 47.4 Å². The molecule has 316 valence electrons. The molecule has 10 N–H and O–H groups in total. The fraction of sp³-hybridized carbons (Fsp3) is 0.500. The van der Waals surface area contributed by atoms with Crippen LogP contribution in [0.2, 0.25) is 5.02 Å². The number of phosphoric acid groups is 3. The molecular weight excluding hydrogens is 867 g/mol. The standard InChI is InChI=1S/C28H39ClN7O17P3S/c1-28(2,22(39)25(40)32-7-6-18(37)31-8-9-57-27(41)15-4-3-5-16(29)10-15)12-50-56(47,48)53-55(45,46)49-11-17-21(52-54(42,43)44)20(38)26(51-17)36-14-35-19-23(30)33-13-34-24(19)36/h3-5,10,13-14,17,20-22,26,38-39H,6-9,11-12H2,1-2H3,(H,31,37)(H,32,40)(H,45,46)(H,47,48)(H2,30,33,34)(H2,42,43,44)/t17-,20-,21-,22?,26-/m1/s1. The number of imidazole rings is 1. The number of hydrogen-bond acceptors (Lipinski definition) is 18.